The molecule has 0 aromatic heterocycles. The lowest BCUT2D eigenvalue weighted by Crippen LogP contribution is -2.37. The predicted octanol–water partition coefficient (Wildman–Crippen LogP) is 5.92. The molecule has 0 bridgehead atoms. The number of hydrogen-bond acceptors (Lipinski definition) is 2. The van der Waals surface area contributed by atoms with E-state index in [2.05, 4.69) is 10.6 Å². The summed E-state index contributed by atoms with van der Waals surface area (Å²) in [7, 11) is 0. The molecule has 0 atom stereocenters. The van der Waals surface area contributed by atoms with Gasteiger partial charge >= 0.3 is 0 Å². The number of rotatable bonds is 8. The SMILES string of the molecule is O=C(NC(c1ccccc1)c1ccccc1)/C(=C\C=C\c1ccccc1)NC(=O)c1ccccc1. The number of carbonyl (C=O) groups is 2. The van der Waals surface area contributed by atoms with E-state index in [0.29, 0.717) is 5.56 Å². The van der Waals surface area contributed by atoms with Crippen LogP contribution in [0.4, 0.5) is 0 Å². The van der Waals surface area contributed by atoms with Gasteiger partial charge in [0, 0.05) is 5.56 Å². The summed E-state index contributed by atoms with van der Waals surface area (Å²) in [4.78, 5) is 26.3. The molecule has 0 aliphatic rings. The van der Waals surface area contributed by atoms with E-state index in [1.165, 1.54) is 0 Å². The monoisotopic (exact) mass is 458 g/mol. The normalized spacial score (nSPS) is 11.4. The summed E-state index contributed by atoms with van der Waals surface area (Å²) in [6.45, 7) is 0. The highest BCUT2D eigenvalue weighted by Gasteiger charge is 2.20. The number of nitrogens with one attached hydrogen (secondary N) is 2. The van der Waals surface area contributed by atoms with Crippen LogP contribution in [0, 0.1) is 0 Å². The quantitative estimate of drug-likeness (QED) is 0.254. The van der Waals surface area contributed by atoms with Gasteiger partial charge in [-0.15, -0.1) is 0 Å². The lowest BCUT2D eigenvalue weighted by atomic mass is 9.98. The molecule has 2 N–H and O–H groups in total. The van der Waals surface area contributed by atoms with Crippen LogP contribution in [-0.2, 0) is 4.79 Å². The Kier molecular flexibility index (Phi) is 8.01. The van der Waals surface area contributed by atoms with E-state index in [1.807, 2.05) is 103 Å². The molecular weight excluding hydrogens is 432 g/mol. The second-order valence-electron chi connectivity index (χ2n) is 7.90. The van der Waals surface area contributed by atoms with E-state index in [1.54, 1.807) is 36.4 Å². The van der Waals surface area contributed by atoms with Crippen molar-refractivity contribution in [3.05, 3.63) is 161 Å². The first kappa shape index (κ1) is 23.5. The largest absolute Gasteiger partial charge is 0.340 e. The predicted molar refractivity (Wildman–Crippen MR) is 140 cm³/mol. The van der Waals surface area contributed by atoms with Crippen molar-refractivity contribution in [1.82, 2.24) is 10.6 Å². The molecule has 4 aromatic carbocycles. The second kappa shape index (κ2) is 12.0. The number of hydrogen-bond donors (Lipinski definition) is 2. The van der Waals surface area contributed by atoms with E-state index in [4.69, 9.17) is 0 Å². The van der Waals surface area contributed by atoms with Gasteiger partial charge in [-0.3, -0.25) is 9.59 Å². The van der Waals surface area contributed by atoms with Gasteiger partial charge in [0.1, 0.15) is 5.70 Å². The molecule has 0 radical (unpaired) electrons. The molecule has 4 aromatic rings. The van der Waals surface area contributed by atoms with Gasteiger partial charge in [0.05, 0.1) is 6.04 Å². The van der Waals surface area contributed by atoms with Crippen molar-refractivity contribution in [2.24, 2.45) is 0 Å². The summed E-state index contributed by atoms with van der Waals surface area (Å²) in [5, 5.41) is 5.89. The van der Waals surface area contributed by atoms with Gasteiger partial charge in [-0.05, 0) is 34.9 Å². The first-order valence-electron chi connectivity index (χ1n) is 11.4. The molecule has 0 aliphatic carbocycles. The highest BCUT2D eigenvalue weighted by atomic mass is 16.2. The maximum absolute atomic E-state index is 13.5. The molecule has 172 valence electrons. The Morgan fingerprint density at radius 1 is 0.629 bits per heavy atom. The van der Waals surface area contributed by atoms with Crippen LogP contribution in [0.2, 0.25) is 0 Å². The lowest BCUT2D eigenvalue weighted by molar-refractivity contribution is -0.118. The molecule has 4 heteroatoms. The zero-order chi connectivity index (χ0) is 24.3. The molecule has 2 amide bonds. The third kappa shape index (κ3) is 6.65. The minimum absolute atomic E-state index is 0.155. The zero-order valence-corrected chi connectivity index (χ0v) is 19.2. The average molecular weight is 459 g/mol. The Morgan fingerprint density at radius 3 is 1.66 bits per heavy atom. The minimum Gasteiger partial charge on any atom is -0.340 e. The average Bonchev–Trinajstić information content (AvgIpc) is 2.93. The highest BCUT2D eigenvalue weighted by Crippen LogP contribution is 2.22. The fourth-order valence-corrected chi connectivity index (χ4v) is 3.64. The van der Waals surface area contributed by atoms with Crippen LogP contribution < -0.4 is 10.6 Å². The first-order chi connectivity index (χ1) is 17.2. The molecule has 4 rings (SSSR count). The molecule has 0 spiro atoms. The highest BCUT2D eigenvalue weighted by molar-refractivity contribution is 6.03. The van der Waals surface area contributed by atoms with E-state index in [9.17, 15) is 9.59 Å². The number of amides is 2. The zero-order valence-electron chi connectivity index (χ0n) is 19.2. The van der Waals surface area contributed by atoms with Crippen LogP contribution in [0.3, 0.4) is 0 Å². The smallest absolute Gasteiger partial charge is 0.268 e. The van der Waals surface area contributed by atoms with Gasteiger partial charge in [0.2, 0.25) is 0 Å². The Balaban J connectivity index is 1.62. The van der Waals surface area contributed by atoms with Gasteiger partial charge in [0.15, 0.2) is 0 Å². The summed E-state index contributed by atoms with van der Waals surface area (Å²) in [6, 6.07) is 37.7. The summed E-state index contributed by atoms with van der Waals surface area (Å²) < 4.78 is 0. The van der Waals surface area contributed by atoms with E-state index < -0.39 is 0 Å². The van der Waals surface area contributed by atoms with Gasteiger partial charge in [0.25, 0.3) is 11.8 Å². The van der Waals surface area contributed by atoms with Crippen LogP contribution in [-0.4, -0.2) is 11.8 Å². The third-order valence-corrected chi connectivity index (χ3v) is 5.42. The van der Waals surface area contributed by atoms with Gasteiger partial charge in [-0.25, -0.2) is 0 Å². The summed E-state index contributed by atoms with van der Waals surface area (Å²) in [5.74, 6) is -0.735. The van der Waals surface area contributed by atoms with Crippen molar-refractivity contribution in [2.45, 2.75) is 6.04 Å². The fraction of sp³-hybridized carbons (Fsp3) is 0.0323. The van der Waals surface area contributed by atoms with Crippen molar-refractivity contribution in [2.75, 3.05) is 0 Å². The molecule has 35 heavy (non-hydrogen) atoms. The standard InChI is InChI=1S/C31H26N2O2/c34-30(27-21-11-4-12-22-27)32-28(23-13-16-24-14-5-1-6-15-24)31(35)33-29(25-17-7-2-8-18-25)26-19-9-3-10-20-26/h1-23,29H,(H,32,34)(H,33,35)/b16-13+,28-23+. The summed E-state index contributed by atoms with van der Waals surface area (Å²) >= 11 is 0. The third-order valence-electron chi connectivity index (χ3n) is 5.42. The van der Waals surface area contributed by atoms with Crippen LogP contribution in [0.1, 0.15) is 33.1 Å². The molecule has 0 unspecified atom stereocenters. The Labute approximate surface area is 205 Å². The Morgan fingerprint density at radius 2 is 1.11 bits per heavy atom. The first-order valence-corrected chi connectivity index (χ1v) is 11.4. The maximum Gasteiger partial charge on any atom is 0.268 e. The van der Waals surface area contributed by atoms with Crippen molar-refractivity contribution in [3.8, 4) is 0 Å². The molecule has 0 aliphatic heterocycles. The topological polar surface area (TPSA) is 58.2 Å². The molecule has 4 nitrogen and oxygen atoms in total. The minimum atomic E-state index is -0.385. The van der Waals surface area contributed by atoms with Crippen molar-refractivity contribution in [1.29, 1.82) is 0 Å². The van der Waals surface area contributed by atoms with Gasteiger partial charge < -0.3 is 10.6 Å². The molecular formula is C31H26N2O2. The number of allylic oxidation sites excluding steroid dienone is 2. The summed E-state index contributed by atoms with van der Waals surface area (Å²) in [5.41, 5.74) is 3.51. The van der Waals surface area contributed by atoms with Crippen molar-refractivity contribution < 1.29 is 9.59 Å². The Hall–Kier alpha value is -4.70. The van der Waals surface area contributed by atoms with Gasteiger partial charge in [-0.1, -0.05) is 121 Å². The van der Waals surface area contributed by atoms with Crippen LogP contribution >= 0.6 is 0 Å². The molecule has 0 saturated carbocycles. The van der Waals surface area contributed by atoms with E-state index in [-0.39, 0.29) is 23.6 Å². The Bertz CT molecular complexity index is 1260. The molecule has 0 saturated heterocycles. The second-order valence-corrected chi connectivity index (χ2v) is 7.90. The number of benzene rings is 4. The molecule has 0 fully saturated rings. The fourth-order valence-electron chi connectivity index (χ4n) is 3.64. The lowest BCUT2D eigenvalue weighted by Gasteiger charge is -2.21. The summed E-state index contributed by atoms with van der Waals surface area (Å²) in [6.07, 6.45) is 5.26. The van der Waals surface area contributed by atoms with Crippen molar-refractivity contribution >= 4 is 17.9 Å². The van der Waals surface area contributed by atoms with Gasteiger partial charge in [-0.2, -0.15) is 0 Å². The van der Waals surface area contributed by atoms with Crippen LogP contribution in [0.15, 0.2) is 139 Å². The van der Waals surface area contributed by atoms with E-state index in [0.717, 1.165) is 16.7 Å². The number of carbonyl (C=O) groups excluding carboxylic acids is 2. The maximum atomic E-state index is 13.5. The van der Waals surface area contributed by atoms with Crippen molar-refractivity contribution in [3.63, 3.8) is 0 Å². The van der Waals surface area contributed by atoms with E-state index >= 15 is 0 Å². The van der Waals surface area contributed by atoms with Crippen LogP contribution in [0.5, 0.6) is 0 Å². The molecule has 0 heterocycles. The van der Waals surface area contributed by atoms with Crippen LogP contribution in [0.25, 0.3) is 6.08 Å².